The number of thiol groups is 1. The fourth-order valence-corrected chi connectivity index (χ4v) is 6.77. The fraction of sp³-hybridized carbons (Fsp3) is 0.361. The van der Waals surface area contributed by atoms with Crippen LogP contribution in [0.15, 0.2) is 77.8 Å². The summed E-state index contributed by atoms with van der Waals surface area (Å²) in [6.45, 7) is -0.814. The molecular weight excluding hydrogens is 801 g/mol. The Morgan fingerprint density at radius 3 is 1.76 bits per heavy atom. The third-order valence-corrected chi connectivity index (χ3v) is 9.82. The van der Waals surface area contributed by atoms with Crippen LogP contribution in [0.1, 0.15) is 36.0 Å². The van der Waals surface area contributed by atoms with Crippen molar-refractivity contribution in [2.24, 2.45) is 10.7 Å². The van der Waals surface area contributed by atoms with Gasteiger partial charge in [-0.15, -0.1) is 4.99 Å². The van der Waals surface area contributed by atoms with Crippen molar-refractivity contribution >= 4 is 59.8 Å². The van der Waals surface area contributed by atoms with E-state index in [0.717, 1.165) is 4.90 Å². The number of carbonyl (C=O) groups excluding carboxylic acids is 4. The molecule has 2 saturated heterocycles. The highest BCUT2D eigenvalue weighted by molar-refractivity contribution is 7.81. The second-order valence-electron chi connectivity index (χ2n) is 13.4. The van der Waals surface area contributed by atoms with E-state index in [4.69, 9.17) is 19.9 Å². The molecule has 2 aliphatic heterocycles. The number of aliphatic imine (C=N–C) groups is 1. The van der Waals surface area contributed by atoms with Crippen LogP contribution in [0.2, 0.25) is 0 Å². The molecule has 0 unspecified atom stereocenters. The van der Waals surface area contributed by atoms with Gasteiger partial charge in [-0.05, 0) is 65.9 Å². The molecule has 2 heterocycles. The van der Waals surface area contributed by atoms with Gasteiger partial charge >= 0.3 is 18.3 Å². The van der Waals surface area contributed by atoms with Crippen molar-refractivity contribution in [3.63, 3.8) is 0 Å². The summed E-state index contributed by atoms with van der Waals surface area (Å²) in [6.07, 6.45) is -4.45. The molecule has 0 aliphatic carbocycles. The SMILES string of the molecule is NC(=NC(=O)OCc1ccc([N+](=O)[O-])cc1)N(C(=O)OCc1ccc([N+](=O)[O-])cc1)[C@H]1CCN(C(=O)C[C@H](O)[C@@H]2C[C@H](S)CN2C(=O)OCc2ccc([N+](=O)[O-])cc2)C1. The normalized spacial score (nSPS) is 18.1. The zero-order chi connectivity index (χ0) is 42.8. The van der Waals surface area contributed by atoms with Gasteiger partial charge in [0.25, 0.3) is 17.1 Å². The zero-order valence-electron chi connectivity index (χ0n) is 31.0. The molecule has 0 bridgehead atoms. The van der Waals surface area contributed by atoms with Crippen molar-refractivity contribution in [3.05, 3.63) is 120 Å². The van der Waals surface area contributed by atoms with Gasteiger partial charge in [0.05, 0.1) is 39.4 Å². The van der Waals surface area contributed by atoms with Gasteiger partial charge in [-0.2, -0.15) is 12.6 Å². The maximum Gasteiger partial charge on any atom is 0.437 e. The molecule has 5 rings (SSSR count). The van der Waals surface area contributed by atoms with E-state index < -0.39 is 69.5 Å². The first-order valence-electron chi connectivity index (χ1n) is 17.8. The highest BCUT2D eigenvalue weighted by Crippen LogP contribution is 2.28. The summed E-state index contributed by atoms with van der Waals surface area (Å²) in [7, 11) is 0. The lowest BCUT2D eigenvalue weighted by Gasteiger charge is -2.29. The predicted molar refractivity (Wildman–Crippen MR) is 207 cm³/mol. The number of nitro benzene ring substituents is 3. The lowest BCUT2D eigenvalue weighted by Crippen LogP contribution is -2.50. The van der Waals surface area contributed by atoms with Crippen molar-refractivity contribution in [1.82, 2.24) is 14.7 Å². The lowest BCUT2D eigenvalue weighted by molar-refractivity contribution is -0.385. The summed E-state index contributed by atoms with van der Waals surface area (Å²) >= 11 is 4.46. The van der Waals surface area contributed by atoms with Gasteiger partial charge in [0.1, 0.15) is 19.8 Å². The second-order valence-corrected chi connectivity index (χ2v) is 14.2. The van der Waals surface area contributed by atoms with Crippen molar-refractivity contribution in [1.29, 1.82) is 0 Å². The lowest BCUT2D eigenvalue weighted by atomic mass is 10.0. The minimum atomic E-state index is -1.34. The van der Waals surface area contributed by atoms with Gasteiger partial charge in [-0.3, -0.25) is 35.1 Å². The number of hydrogen-bond donors (Lipinski definition) is 3. The third-order valence-electron chi connectivity index (χ3n) is 9.44. The maximum absolute atomic E-state index is 13.5. The summed E-state index contributed by atoms with van der Waals surface area (Å²) < 4.78 is 15.9. The Kier molecular flexibility index (Phi) is 14.3. The first-order valence-corrected chi connectivity index (χ1v) is 18.4. The van der Waals surface area contributed by atoms with Gasteiger partial charge < -0.3 is 34.9 Å². The third kappa shape index (κ3) is 11.6. The van der Waals surface area contributed by atoms with Gasteiger partial charge in [-0.25, -0.2) is 19.3 Å². The molecule has 3 aromatic carbocycles. The molecule has 22 nitrogen and oxygen atoms in total. The number of hydrogen-bond acceptors (Lipinski definition) is 15. The minimum absolute atomic E-state index is 0.0844. The van der Waals surface area contributed by atoms with Crippen molar-refractivity contribution in [2.75, 3.05) is 19.6 Å². The average molecular weight is 839 g/mol. The second kappa shape index (κ2) is 19.5. The van der Waals surface area contributed by atoms with Crippen LogP contribution in [0, 0.1) is 30.3 Å². The highest BCUT2D eigenvalue weighted by Gasteiger charge is 2.42. The van der Waals surface area contributed by atoms with E-state index in [-0.39, 0.29) is 74.6 Å². The molecule has 3 N–H and O–H groups in total. The van der Waals surface area contributed by atoms with Crippen LogP contribution in [0.25, 0.3) is 0 Å². The first-order chi connectivity index (χ1) is 28.1. The number of aliphatic hydroxyl groups is 1. The van der Waals surface area contributed by atoms with Crippen molar-refractivity contribution < 1.29 is 53.3 Å². The number of nitro groups is 3. The Morgan fingerprint density at radius 2 is 1.27 bits per heavy atom. The molecule has 2 fully saturated rings. The average Bonchev–Trinajstić information content (AvgIpc) is 3.86. The van der Waals surface area contributed by atoms with E-state index in [1.807, 2.05) is 0 Å². The number of likely N-dealkylation sites (tertiary alicyclic amines) is 2. The summed E-state index contributed by atoms with van der Waals surface area (Å²) in [5.41, 5.74) is 6.96. The summed E-state index contributed by atoms with van der Waals surface area (Å²) in [4.78, 5) is 91.1. The number of carbonyl (C=O) groups is 4. The van der Waals surface area contributed by atoms with Crippen LogP contribution in [0.5, 0.6) is 0 Å². The molecule has 0 spiro atoms. The molecule has 0 aromatic heterocycles. The molecule has 0 saturated carbocycles. The number of nitrogens with two attached hydrogens (primary N) is 1. The Hall–Kier alpha value is -6.88. The molecule has 23 heteroatoms. The molecule has 3 aromatic rings. The number of amides is 4. The largest absolute Gasteiger partial charge is 0.445 e. The highest BCUT2D eigenvalue weighted by atomic mass is 32.1. The number of non-ortho nitro benzene ring substituents is 3. The molecule has 4 atom stereocenters. The van der Waals surface area contributed by atoms with E-state index in [1.165, 1.54) is 82.6 Å². The topological polar surface area (TPSA) is 294 Å². The number of rotatable bonds is 13. The van der Waals surface area contributed by atoms with Crippen LogP contribution in [-0.4, -0.2) is 108 Å². The van der Waals surface area contributed by atoms with E-state index in [9.17, 15) is 54.6 Å². The zero-order valence-corrected chi connectivity index (χ0v) is 31.9. The summed E-state index contributed by atoms with van der Waals surface area (Å²) in [5.74, 6) is -1.17. The van der Waals surface area contributed by atoms with Crippen molar-refractivity contribution in [2.45, 2.75) is 62.5 Å². The number of benzene rings is 3. The van der Waals surface area contributed by atoms with Crippen LogP contribution < -0.4 is 5.73 Å². The van der Waals surface area contributed by atoms with E-state index in [0.29, 0.717) is 16.7 Å². The fourth-order valence-electron chi connectivity index (χ4n) is 6.38. The molecule has 0 radical (unpaired) electrons. The number of aliphatic hydroxyl groups excluding tert-OH is 1. The quantitative estimate of drug-likeness (QED) is 0.0546. The van der Waals surface area contributed by atoms with Crippen LogP contribution in [0.4, 0.5) is 31.4 Å². The predicted octanol–water partition coefficient (Wildman–Crippen LogP) is 4.06. The smallest absolute Gasteiger partial charge is 0.437 e. The molecule has 312 valence electrons. The monoisotopic (exact) mass is 838 g/mol. The van der Waals surface area contributed by atoms with E-state index >= 15 is 0 Å². The maximum atomic E-state index is 13.5. The van der Waals surface area contributed by atoms with Gasteiger partial charge in [-0.1, -0.05) is 0 Å². The molecule has 59 heavy (non-hydrogen) atoms. The van der Waals surface area contributed by atoms with Crippen LogP contribution in [0.3, 0.4) is 0 Å². The first kappa shape index (κ1) is 43.2. The number of ether oxygens (including phenoxy) is 3. The number of nitrogens with zero attached hydrogens (tertiary/aromatic N) is 7. The molecular formula is C36H38N8O14S. The minimum Gasteiger partial charge on any atom is -0.445 e. The Bertz CT molecular complexity index is 2090. The van der Waals surface area contributed by atoms with E-state index in [2.05, 4.69) is 17.6 Å². The van der Waals surface area contributed by atoms with Gasteiger partial charge in [0.15, 0.2) is 0 Å². The standard InChI is InChI=1S/C36H38N8O14S/c37-33(38-34(47)56-19-22-1-7-25(8-2-22)42(50)51)41(36(49)58-21-24-5-11-27(12-6-24)44(54)55)28-13-14-39(17-28)32(46)16-31(45)30-15-29(59)18-40(30)35(48)57-20-23-3-9-26(10-4-23)43(52)53/h1-12,28-31,45,59H,13-21H2,(H2,37,38,47)/t28-,29-,30-,31-/m0/s1. The molecule has 4 amide bonds. The van der Waals surface area contributed by atoms with Gasteiger partial charge in [0.2, 0.25) is 11.9 Å². The van der Waals surface area contributed by atoms with Crippen LogP contribution >= 0.6 is 12.6 Å². The number of guanidine groups is 1. The summed E-state index contributed by atoms with van der Waals surface area (Å²) in [6, 6.07) is 14.1. The Balaban J connectivity index is 1.22. The van der Waals surface area contributed by atoms with Crippen LogP contribution in [-0.2, 0) is 38.8 Å². The Labute approximate surface area is 340 Å². The van der Waals surface area contributed by atoms with E-state index in [1.54, 1.807) is 0 Å². The summed E-state index contributed by atoms with van der Waals surface area (Å²) in [5, 5.41) is 43.8. The Morgan fingerprint density at radius 1 is 0.797 bits per heavy atom. The van der Waals surface area contributed by atoms with Gasteiger partial charge in [0, 0.05) is 61.3 Å². The van der Waals surface area contributed by atoms with Crippen molar-refractivity contribution in [3.8, 4) is 0 Å². The molecule has 2 aliphatic rings.